The van der Waals surface area contributed by atoms with E-state index in [0.29, 0.717) is 25.6 Å². The number of benzene rings is 1. The van der Waals surface area contributed by atoms with Crippen LogP contribution in [0.3, 0.4) is 0 Å². The van der Waals surface area contributed by atoms with Gasteiger partial charge in [-0.1, -0.05) is 6.92 Å². The third kappa shape index (κ3) is 3.44. The van der Waals surface area contributed by atoms with E-state index in [2.05, 4.69) is 6.92 Å². The van der Waals surface area contributed by atoms with Gasteiger partial charge in [0.25, 0.3) is 5.91 Å². The van der Waals surface area contributed by atoms with E-state index in [1.54, 1.807) is 0 Å². The molecule has 26 heavy (non-hydrogen) atoms. The number of ether oxygens (including phenoxy) is 1. The number of hydrogen-bond donors (Lipinski definition) is 0. The van der Waals surface area contributed by atoms with Gasteiger partial charge < -0.3 is 14.5 Å². The van der Waals surface area contributed by atoms with E-state index < -0.39 is 0 Å². The summed E-state index contributed by atoms with van der Waals surface area (Å²) in [5, 5.41) is 0. The predicted octanol–water partition coefficient (Wildman–Crippen LogP) is 2.73. The molecule has 0 bridgehead atoms. The molecule has 0 saturated carbocycles. The summed E-state index contributed by atoms with van der Waals surface area (Å²) in [7, 11) is 0. The summed E-state index contributed by atoms with van der Waals surface area (Å²) in [6.07, 6.45) is 4.67. The highest BCUT2D eigenvalue weighted by atomic mass is 16.5. The number of hydrogen-bond acceptors (Lipinski definition) is 3. The normalized spacial score (nSPS) is 21.4. The molecule has 1 aromatic rings. The van der Waals surface area contributed by atoms with E-state index >= 15 is 0 Å². The number of piperidine rings is 2. The Bertz CT molecular complexity index is 686. The summed E-state index contributed by atoms with van der Waals surface area (Å²) in [4.78, 5) is 29.5. The van der Waals surface area contributed by atoms with Crippen molar-refractivity contribution in [2.75, 3.05) is 32.8 Å². The van der Waals surface area contributed by atoms with Crippen LogP contribution < -0.4 is 4.74 Å². The van der Waals surface area contributed by atoms with Crippen molar-refractivity contribution in [3.8, 4) is 5.75 Å². The highest BCUT2D eigenvalue weighted by Crippen LogP contribution is 2.28. The SMILES string of the molecule is CC1CCN(C(=O)C2CCN(C(=O)c3ccc4c(c3)CCO4)CC2)CC1. The van der Waals surface area contributed by atoms with Crippen LogP contribution in [0.15, 0.2) is 18.2 Å². The molecule has 0 N–H and O–H groups in total. The van der Waals surface area contributed by atoms with Crippen LogP contribution in [-0.2, 0) is 11.2 Å². The number of nitrogens with zero attached hydrogens (tertiary/aromatic N) is 2. The second-order valence-electron chi connectivity index (χ2n) is 8.00. The molecule has 0 radical (unpaired) electrons. The molecule has 0 aliphatic carbocycles. The van der Waals surface area contributed by atoms with Gasteiger partial charge in [-0.15, -0.1) is 0 Å². The van der Waals surface area contributed by atoms with Crippen molar-refractivity contribution in [1.82, 2.24) is 9.80 Å². The molecule has 2 saturated heterocycles. The predicted molar refractivity (Wildman–Crippen MR) is 99.2 cm³/mol. The fourth-order valence-electron chi connectivity index (χ4n) is 4.32. The zero-order chi connectivity index (χ0) is 18.1. The second kappa shape index (κ2) is 7.29. The average Bonchev–Trinajstić information content (AvgIpc) is 3.15. The number of carbonyl (C=O) groups is 2. The maximum Gasteiger partial charge on any atom is 0.253 e. The summed E-state index contributed by atoms with van der Waals surface area (Å²) in [6.45, 7) is 6.11. The summed E-state index contributed by atoms with van der Waals surface area (Å²) in [6, 6.07) is 5.73. The van der Waals surface area contributed by atoms with Crippen LogP contribution in [0, 0.1) is 11.8 Å². The lowest BCUT2D eigenvalue weighted by Gasteiger charge is -2.36. The number of fused-ring (bicyclic) bond motifs is 1. The van der Waals surface area contributed by atoms with E-state index in [0.717, 1.165) is 68.0 Å². The van der Waals surface area contributed by atoms with E-state index in [1.165, 1.54) is 0 Å². The van der Waals surface area contributed by atoms with Crippen molar-refractivity contribution >= 4 is 11.8 Å². The van der Waals surface area contributed by atoms with Gasteiger partial charge in [0.15, 0.2) is 0 Å². The molecule has 1 aromatic carbocycles. The molecule has 3 aliphatic heterocycles. The highest BCUT2D eigenvalue weighted by Gasteiger charge is 2.32. The molecular weight excluding hydrogens is 328 g/mol. The van der Waals surface area contributed by atoms with Crippen molar-refractivity contribution in [2.24, 2.45) is 11.8 Å². The zero-order valence-electron chi connectivity index (χ0n) is 15.6. The van der Waals surface area contributed by atoms with Gasteiger partial charge in [-0.05, 0) is 55.4 Å². The third-order valence-electron chi connectivity index (χ3n) is 6.16. The standard InChI is InChI=1S/C21H28N2O3/c1-15-4-9-22(10-5-15)20(24)16-6-11-23(12-7-16)21(25)18-2-3-19-17(14-18)8-13-26-19/h2-3,14-16H,4-13H2,1H3. The zero-order valence-corrected chi connectivity index (χ0v) is 15.6. The summed E-state index contributed by atoms with van der Waals surface area (Å²) in [5.41, 5.74) is 1.87. The summed E-state index contributed by atoms with van der Waals surface area (Å²) in [5.74, 6) is 2.11. The molecule has 0 spiro atoms. The molecule has 5 nitrogen and oxygen atoms in total. The van der Waals surface area contributed by atoms with Gasteiger partial charge in [-0.3, -0.25) is 9.59 Å². The first-order chi connectivity index (χ1) is 12.6. The molecule has 5 heteroatoms. The fourth-order valence-corrected chi connectivity index (χ4v) is 4.32. The Labute approximate surface area is 155 Å². The Kier molecular flexibility index (Phi) is 4.88. The monoisotopic (exact) mass is 356 g/mol. The summed E-state index contributed by atoms with van der Waals surface area (Å²) >= 11 is 0. The maximum atomic E-state index is 12.8. The Morgan fingerprint density at radius 1 is 1.00 bits per heavy atom. The first-order valence-corrected chi connectivity index (χ1v) is 9.95. The van der Waals surface area contributed by atoms with Crippen LogP contribution in [-0.4, -0.2) is 54.4 Å². The molecule has 2 fully saturated rings. The molecule has 4 rings (SSSR count). The molecule has 0 unspecified atom stereocenters. The molecule has 3 heterocycles. The minimum absolute atomic E-state index is 0.0809. The van der Waals surface area contributed by atoms with Gasteiger partial charge in [0, 0.05) is 44.1 Å². The minimum atomic E-state index is 0.0809. The minimum Gasteiger partial charge on any atom is -0.493 e. The van der Waals surface area contributed by atoms with Crippen molar-refractivity contribution in [1.29, 1.82) is 0 Å². The molecule has 2 amide bonds. The first-order valence-electron chi connectivity index (χ1n) is 9.95. The summed E-state index contributed by atoms with van der Waals surface area (Å²) < 4.78 is 5.52. The van der Waals surface area contributed by atoms with Gasteiger partial charge in [0.2, 0.25) is 5.91 Å². The van der Waals surface area contributed by atoms with E-state index in [-0.39, 0.29) is 11.8 Å². The Morgan fingerprint density at radius 2 is 1.69 bits per heavy atom. The van der Waals surface area contributed by atoms with Crippen molar-refractivity contribution in [2.45, 2.75) is 39.0 Å². The van der Waals surface area contributed by atoms with E-state index in [1.807, 2.05) is 28.0 Å². The fraction of sp³-hybridized carbons (Fsp3) is 0.619. The van der Waals surface area contributed by atoms with E-state index in [4.69, 9.17) is 4.74 Å². The van der Waals surface area contributed by atoms with Crippen molar-refractivity contribution in [3.05, 3.63) is 29.3 Å². The van der Waals surface area contributed by atoms with Crippen molar-refractivity contribution in [3.63, 3.8) is 0 Å². The Morgan fingerprint density at radius 3 is 2.42 bits per heavy atom. The topological polar surface area (TPSA) is 49.9 Å². The number of amides is 2. The molecule has 140 valence electrons. The number of likely N-dealkylation sites (tertiary alicyclic amines) is 2. The molecule has 0 atom stereocenters. The Hall–Kier alpha value is -2.04. The van der Waals surface area contributed by atoms with Gasteiger partial charge in [0.1, 0.15) is 5.75 Å². The maximum absolute atomic E-state index is 12.8. The lowest BCUT2D eigenvalue weighted by Crippen LogP contribution is -2.46. The second-order valence-corrected chi connectivity index (χ2v) is 8.00. The van der Waals surface area contributed by atoms with Crippen molar-refractivity contribution < 1.29 is 14.3 Å². The third-order valence-corrected chi connectivity index (χ3v) is 6.16. The average molecular weight is 356 g/mol. The number of carbonyl (C=O) groups excluding carboxylic acids is 2. The first kappa shape index (κ1) is 17.4. The quantitative estimate of drug-likeness (QED) is 0.819. The molecule has 0 aromatic heterocycles. The van der Waals surface area contributed by atoms with Crippen LogP contribution in [0.2, 0.25) is 0 Å². The largest absolute Gasteiger partial charge is 0.493 e. The lowest BCUT2D eigenvalue weighted by molar-refractivity contribution is -0.138. The molecule has 3 aliphatic rings. The van der Waals surface area contributed by atoms with Crippen LogP contribution in [0.4, 0.5) is 0 Å². The number of rotatable bonds is 2. The van der Waals surface area contributed by atoms with Crippen LogP contribution in [0.1, 0.15) is 48.5 Å². The smallest absolute Gasteiger partial charge is 0.253 e. The van der Waals surface area contributed by atoms with Gasteiger partial charge in [0.05, 0.1) is 6.61 Å². The molecular formula is C21H28N2O3. The lowest BCUT2D eigenvalue weighted by atomic mass is 9.92. The van der Waals surface area contributed by atoms with Gasteiger partial charge >= 0.3 is 0 Å². The van der Waals surface area contributed by atoms with Crippen LogP contribution in [0.5, 0.6) is 5.75 Å². The highest BCUT2D eigenvalue weighted by molar-refractivity contribution is 5.95. The van der Waals surface area contributed by atoms with Crippen LogP contribution >= 0.6 is 0 Å². The van der Waals surface area contributed by atoms with Gasteiger partial charge in [-0.2, -0.15) is 0 Å². The van der Waals surface area contributed by atoms with Crippen LogP contribution in [0.25, 0.3) is 0 Å². The van der Waals surface area contributed by atoms with E-state index in [9.17, 15) is 9.59 Å². The Balaban J connectivity index is 1.33. The van der Waals surface area contributed by atoms with Gasteiger partial charge in [-0.25, -0.2) is 0 Å².